The van der Waals surface area contributed by atoms with Crippen LogP contribution in [0.1, 0.15) is 23.4 Å². The zero-order valence-electron chi connectivity index (χ0n) is 10.9. The van der Waals surface area contributed by atoms with Crippen LogP contribution in [0.3, 0.4) is 0 Å². The van der Waals surface area contributed by atoms with Gasteiger partial charge in [-0.3, -0.25) is 0 Å². The van der Waals surface area contributed by atoms with Crippen molar-refractivity contribution in [1.29, 1.82) is 0 Å². The average molecular weight is 316 g/mol. The smallest absolute Gasteiger partial charge is 0.310 e. The molecule has 3 rings (SSSR count). The molecule has 1 aliphatic rings. The Morgan fingerprint density at radius 3 is 2.62 bits per heavy atom. The largest absolute Gasteiger partial charge is 0.443 e. The van der Waals surface area contributed by atoms with Crippen LogP contribution in [-0.4, -0.2) is 11.0 Å². The molecule has 112 valence electrons. The third-order valence-corrected chi connectivity index (χ3v) is 4.34. The summed E-state index contributed by atoms with van der Waals surface area (Å²) in [4.78, 5) is 3.65. The number of nitrogens with zero attached hydrogens (tertiary/aromatic N) is 1. The highest BCUT2D eigenvalue weighted by atomic mass is 32.1. The fraction of sp³-hybridized carbons (Fsp3) is 0.357. The van der Waals surface area contributed by atoms with Crippen molar-refractivity contribution >= 4 is 11.3 Å². The molecule has 1 heterocycles. The fourth-order valence-electron chi connectivity index (χ4n) is 1.92. The van der Waals surface area contributed by atoms with Gasteiger partial charge in [0.05, 0.1) is 4.88 Å². The van der Waals surface area contributed by atoms with Crippen LogP contribution < -0.4 is 5.32 Å². The first-order valence-electron chi connectivity index (χ1n) is 6.48. The van der Waals surface area contributed by atoms with Crippen LogP contribution in [0.15, 0.2) is 24.4 Å². The zero-order chi connectivity index (χ0) is 15.0. The molecular formula is C14H12F4N2S. The van der Waals surface area contributed by atoms with Crippen LogP contribution in [-0.2, 0) is 12.7 Å². The molecule has 0 saturated heterocycles. The summed E-state index contributed by atoms with van der Waals surface area (Å²) < 4.78 is 51.5. The Kier molecular flexibility index (Phi) is 3.71. The molecule has 1 saturated carbocycles. The first kappa shape index (κ1) is 14.5. The molecule has 1 aromatic heterocycles. The summed E-state index contributed by atoms with van der Waals surface area (Å²) in [6.45, 7) is 0.438. The first-order valence-corrected chi connectivity index (χ1v) is 7.30. The van der Waals surface area contributed by atoms with Crippen LogP contribution in [0.2, 0.25) is 0 Å². The number of hydrogen-bond donors (Lipinski definition) is 1. The Balaban J connectivity index is 1.79. The van der Waals surface area contributed by atoms with E-state index in [0.29, 0.717) is 39.9 Å². The van der Waals surface area contributed by atoms with Gasteiger partial charge in [0.2, 0.25) is 0 Å². The standard InChI is InChI=1S/C14H12F4N2S/c15-11-5-8(1-2-9(11)6-19-10-3-4-10)12-7-20-13(21-12)14(16,17)18/h1-2,5,7,10,19H,3-4,6H2. The molecule has 0 amide bonds. The molecule has 0 bridgehead atoms. The second-order valence-corrected chi connectivity index (χ2v) is 6.02. The number of nitrogens with one attached hydrogen (secondary N) is 1. The monoisotopic (exact) mass is 316 g/mol. The van der Waals surface area contributed by atoms with E-state index in [0.717, 1.165) is 19.0 Å². The Hall–Kier alpha value is -1.47. The van der Waals surface area contributed by atoms with Crippen molar-refractivity contribution in [1.82, 2.24) is 10.3 Å². The van der Waals surface area contributed by atoms with Crippen molar-refractivity contribution in [3.63, 3.8) is 0 Å². The molecule has 1 N–H and O–H groups in total. The Morgan fingerprint density at radius 2 is 2.05 bits per heavy atom. The summed E-state index contributed by atoms with van der Waals surface area (Å²) in [6.07, 6.45) is -1.11. The van der Waals surface area contributed by atoms with E-state index in [1.165, 1.54) is 6.07 Å². The Bertz CT molecular complexity index is 647. The number of aromatic nitrogens is 1. The zero-order valence-corrected chi connectivity index (χ0v) is 11.7. The van der Waals surface area contributed by atoms with Gasteiger partial charge in [0, 0.05) is 24.3 Å². The molecule has 0 atom stereocenters. The van der Waals surface area contributed by atoms with Crippen LogP contribution in [0.4, 0.5) is 17.6 Å². The maximum absolute atomic E-state index is 14.0. The molecule has 7 heteroatoms. The summed E-state index contributed by atoms with van der Waals surface area (Å²) >= 11 is 0.517. The van der Waals surface area contributed by atoms with Gasteiger partial charge in [-0.1, -0.05) is 12.1 Å². The van der Waals surface area contributed by atoms with Gasteiger partial charge >= 0.3 is 6.18 Å². The summed E-state index contributed by atoms with van der Waals surface area (Å²) in [6, 6.07) is 4.96. The summed E-state index contributed by atoms with van der Waals surface area (Å²) in [5.41, 5.74) is 0.932. The summed E-state index contributed by atoms with van der Waals surface area (Å²) in [5.74, 6) is -0.414. The van der Waals surface area contributed by atoms with E-state index in [9.17, 15) is 17.6 Å². The number of hydrogen-bond acceptors (Lipinski definition) is 3. The van der Waals surface area contributed by atoms with Gasteiger partial charge in [-0.15, -0.1) is 11.3 Å². The van der Waals surface area contributed by atoms with E-state index in [2.05, 4.69) is 10.3 Å². The number of thiazole rings is 1. The number of rotatable bonds is 4. The van der Waals surface area contributed by atoms with Crippen LogP contribution in [0, 0.1) is 5.82 Å². The number of halogens is 4. The van der Waals surface area contributed by atoms with Crippen molar-refractivity contribution in [2.45, 2.75) is 31.6 Å². The van der Waals surface area contributed by atoms with E-state index < -0.39 is 17.0 Å². The summed E-state index contributed by atoms with van der Waals surface area (Å²) in [7, 11) is 0. The van der Waals surface area contributed by atoms with Gasteiger partial charge in [-0.2, -0.15) is 13.2 Å². The van der Waals surface area contributed by atoms with E-state index in [4.69, 9.17) is 0 Å². The fourth-order valence-corrected chi connectivity index (χ4v) is 2.70. The lowest BCUT2D eigenvalue weighted by molar-refractivity contribution is -0.137. The average Bonchev–Trinajstić information content (AvgIpc) is 3.09. The van der Waals surface area contributed by atoms with Crippen LogP contribution >= 0.6 is 11.3 Å². The lowest BCUT2D eigenvalue weighted by Crippen LogP contribution is -2.16. The molecule has 0 aliphatic heterocycles. The van der Waals surface area contributed by atoms with Crippen molar-refractivity contribution in [3.05, 3.63) is 40.8 Å². The van der Waals surface area contributed by atoms with Crippen molar-refractivity contribution < 1.29 is 17.6 Å². The van der Waals surface area contributed by atoms with Gasteiger partial charge < -0.3 is 5.32 Å². The van der Waals surface area contributed by atoms with E-state index in [1.807, 2.05) is 0 Å². The van der Waals surface area contributed by atoms with Gasteiger partial charge in [-0.05, 0) is 24.5 Å². The molecule has 1 aliphatic carbocycles. The molecule has 1 aromatic carbocycles. The molecule has 0 spiro atoms. The topological polar surface area (TPSA) is 24.9 Å². The van der Waals surface area contributed by atoms with Crippen molar-refractivity contribution in [3.8, 4) is 10.4 Å². The molecule has 1 fully saturated rings. The minimum Gasteiger partial charge on any atom is -0.310 e. The highest BCUT2D eigenvalue weighted by Crippen LogP contribution is 2.36. The lowest BCUT2D eigenvalue weighted by atomic mass is 10.1. The van der Waals surface area contributed by atoms with Crippen LogP contribution in [0.25, 0.3) is 10.4 Å². The molecule has 21 heavy (non-hydrogen) atoms. The third kappa shape index (κ3) is 3.41. The number of alkyl halides is 3. The minimum absolute atomic E-state index is 0.308. The number of benzene rings is 1. The summed E-state index contributed by atoms with van der Waals surface area (Å²) in [5, 5.41) is 2.28. The van der Waals surface area contributed by atoms with Gasteiger partial charge in [0.15, 0.2) is 5.01 Å². The second-order valence-electron chi connectivity index (χ2n) is 4.99. The second kappa shape index (κ2) is 5.38. The highest BCUT2D eigenvalue weighted by molar-refractivity contribution is 7.15. The van der Waals surface area contributed by atoms with Gasteiger partial charge in [0.1, 0.15) is 5.82 Å². The predicted octanol–water partition coefficient (Wildman–Crippen LogP) is 4.22. The SMILES string of the molecule is Fc1cc(-c2cnc(C(F)(F)F)s2)ccc1CNC1CC1. The molecule has 2 nitrogen and oxygen atoms in total. The quantitative estimate of drug-likeness (QED) is 0.854. The molecular weight excluding hydrogens is 304 g/mol. The molecule has 0 unspecified atom stereocenters. The van der Waals surface area contributed by atoms with Crippen LogP contribution in [0.5, 0.6) is 0 Å². The minimum atomic E-state index is -4.46. The van der Waals surface area contributed by atoms with Gasteiger partial charge in [-0.25, -0.2) is 9.37 Å². The Labute approximate surface area is 122 Å². The lowest BCUT2D eigenvalue weighted by Gasteiger charge is -2.06. The Morgan fingerprint density at radius 1 is 1.29 bits per heavy atom. The van der Waals surface area contributed by atoms with Crippen molar-refractivity contribution in [2.24, 2.45) is 0 Å². The normalized spacial score (nSPS) is 15.4. The van der Waals surface area contributed by atoms with E-state index in [-0.39, 0.29) is 0 Å². The van der Waals surface area contributed by atoms with E-state index in [1.54, 1.807) is 12.1 Å². The molecule has 0 radical (unpaired) electrons. The van der Waals surface area contributed by atoms with Crippen molar-refractivity contribution in [2.75, 3.05) is 0 Å². The maximum Gasteiger partial charge on any atom is 0.443 e. The molecule has 2 aromatic rings. The van der Waals surface area contributed by atoms with E-state index >= 15 is 0 Å². The van der Waals surface area contributed by atoms with Gasteiger partial charge in [0.25, 0.3) is 0 Å². The highest BCUT2D eigenvalue weighted by Gasteiger charge is 2.34. The first-order chi connectivity index (χ1) is 9.93. The maximum atomic E-state index is 14.0. The predicted molar refractivity (Wildman–Crippen MR) is 72.4 cm³/mol. The third-order valence-electron chi connectivity index (χ3n) is 3.24.